The molecule has 2 N–H and O–H groups in total. The van der Waals surface area contributed by atoms with Crippen LogP contribution in [-0.4, -0.2) is 38.7 Å². The van der Waals surface area contributed by atoms with Crippen LogP contribution >= 0.6 is 0 Å². The van der Waals surface area contributed by atoms with Crippen LogP contribution in [-0.2, 0) is 4.79 Å². The van der Waals surface area contributed by atoms with Crippen LogP contribution in [0.4, 0.5) is 5.69 Å². The number of benzene rings is 3. The molecule has 8 heteroatoms. The van der Waals surface area contributed by atoms with Crippen molar-refractivity contribution in [1.29, 1.82) is 0 Å². The van der Waals surface area contributed by atoms with Crippen LogP contribution < -0.4 is 29.6 Å². The third-order valence-electron chi connectivity index (χ3n) is 5.46. The van der Waals surface area contributed by atoms with E-state index < -0.39 is 0 Å². The van der Waals surface area contributed by atoms with Gasteiger partial charge in [-0.1, -0.05) is 12.1 Å². The van der Waals surface area contributed by atoms with Gasteiger partial charge in [-0.2, -0.15) is 0 Å². The monoisotopic (exact) mass is 476 g/mol. The average molecular weight is 477 g/mol. The van der Waals surface area contributed by atoms with E-state index in [2.05, 4.69) is 10.6 Å². The Labute approximate surface area is 204 Å². The van der Waals surface area contributed by atoms with Crippen molar-refractivity contribution in [3.63, 3.8) is 0 Å². The molecule has 0 saturated carbocycles. The van der Waals surface area contributed by atoms with E-state index in [1.54, 1.807) is 55.6 Å². The third kappa shape index (κ3) is 6.44. The summed E-state index contributed by atoms with van der Waals surface area (Å²) >= 11 is 0. The van der Waals surface area contributed by atoms with Gasteiger partial charge in [0.15, 0.2) is 18.1 Å². The summed E-state index contributed by atoms with van der Waals surface area (Å²) < 4.78 is 22.1. The fourth-order valence-electron chi connectivity index (χ4n) is 3.56. The van der Waals surface area contributed by atoms with Crippen molar-refractivity contribution in [2.45, 2.75) is 19.4 Å². The smallest absolute Gasteiger partial charge is 0.262 e. The predicted molar refractivity (Wildman–Crippen MR) is 131 cm³/mol. The number of rotatable bonds is 8. The second-order valence-electron chi connectivity index (χ2n) is 8.04. The SMILES string of the molecule is COc1cccc(NC(=O)COc2ccc(C(=O)NC(C)c3ccc4c(c3)OCCCO4)cc2)c1. The molecule has 0 bridgehead atoms. The lowest BCUT2D eigenvalue weighted by Crippen LogP contribution is -2.26. The number of fused-ring (bicyclic) bond motifs is 1. The molecule has 0 radical (unpaired) electrons. The maximum atomic E-state index is 12.7. The highest BCUT2D eigenvalue weighted by atomic mass is 16.5. The molecular formula is C27H28N2O6. The first-order chi connectivity index (χ1) is 17.0. The number of hydrogen-bond donors (Lipinski definition) is 2. The summed E-state index contributed by atoms with van der Waals surface area (Å²) in [6, 6.07) is 19.2. The van der Waals surface area contributed by atoms with Crippen molar-refractivity contribution < 1.29 is 28.5 Å². The van der Waals surface area contributed by atoms with Crippen molar-refractivity contribution in [2.24, 2.45) is 0 Å². The van der Waals surface area contributed by atoms with Crippen LogP contribution in [0.25, 0.3) is 0 Å². The second-order valence-corrected chi connectivity index (χ2v) is 8.04. The van der Waals surface area contributed by atoms with Gasteiger partial charge in [-0.25, -0.2) is 0 Å². The first-order valence-corrected chi connectivity index (χ1v) is 11.4. The highest BCUT2D eigenvalue weighted by molar-refractivity contribution is 5.94. The third-order valence-corrected chi connectivity index (χ3v) is 5.46. The van der Waals surface area contributed by atoms with Crippen molar-refractivity contribution in [3.8, 4) is 23.0 Å². The molecule has 0 fully saturated rings. The molecule has 0 aromatic heterocycles. The lowest BCUT2D eigenvalue weighted by atomic mass is 10.1. The molecule has 1 aliphatic rings. The number of hydrogen-bond acceptors (Lipinski definition) is 6. The van der Waals surface area contributed by atoms with Gasteiger partial charge in [0, 0.05) is 23.7 Å². The first kappa shape index (κ1) is 23.9. The molecule has 35 heavy (non-hydrogen) atoms. The van der Waals surface area contributed by atoms with Crippen LogP contribution in [0.5, 0.6) is 23.0 Å². The molecule has 0 aliphatic carbocycles. The van der Waals surface area contributed by atoms with E-state index in [4.69, 9.17) is 18.9 Å². The van der Waals surface area contributed by atoms with Gasteiger partial charge in [-0.15, -0.1) is 0 Å². The Morgan fingerprint density at radius 2 is 1.71 bits per heavy atom. The zero-order chi connectivity index (χ0) is 24.6. The van der Waals surface area contributed by atoms with E-state index in [1.807, 2.05) is 25.1 Å². The molecule has 8 nitrogen and oxygen atoms in total. The van der Waals surface area contributed by atoms with E-state index in [0.29, 0.717) is 41.7 Å². The molecule has 1 heterocycles. The molecule has 4 rings (SSSR count). The van der Waals surface area contributed by atoms with Gasteiger partial charge in [-0.3, -0.25) is 9.59 Å². The van der Waals surface area contributed by atoms with Crippen LogP contribution in [0.1, 0.15) is 35.3 Å². The van der Waals surface area contributed by atoms with E-state index >= 15 is 0 Å². The number of ether oxygens (including phenoxy) is 4. The lowest BCUT2D eigenvalue weighted by Gasteiger charge is -2.16. The summed E-state index contributed by atoms with van der Waals surface area (Å²) in [6.45, 7) is 2.99. The lowest BCUT2D eigenvalue weighted by molar-refractivity contribution is -0.118. The maximum absolute atomic E-state index is 12.7. The molecule has 3 aromatic rings. The molecule has 0 saturated heterocycles. The number of amides is 2. The number of nitrogens with one attached hydrogen (secondary N) is 2. The average Bonchev–Trinajstić information content (AvgIpc) is 3.13. The number of carbonyl (C=O) groups excluding carboxylic acids is 2. The van der Waals surface area contributed by atoms with Crippen LogP contribution in [0.2, 0.25) is 0 Å². The summed E-state index contributed by atoms with van der Waals surface area (Å²) in [6.07, 6.45) is 0.836. The second kappa shape index (κ2) is 11.3. The van der Waals surface area contributed by atoms with Gasteiger partial charge in [0.25, 0.3) is 11.8 Å². The quantitative estimate of drug-likeness (QED) is 0.502. The topological polar surface area (TPSA) is 95.1 Å². The van der Waals surface area contributed by atoms with Gasteiger partial charge in [0.05, 0.1) is 26.4 Å². The number of anilines is 1. The van der Waals surface area contributed by atoms with E-state index in [9.17, 15) is 9.59 Å². The van der Waals surface area contributed by atoms with Gasteiger partial charge in [0.1, 0.15) is 11.5 Å². The Morgan fingerprint density at radius 3 is 2.49 bits per heavy atom. The Bertz CT molecular complexity index is 1180. The van der Waals surface area contributed by atoms with Crippen molar-refractivity contribution in [2.75, 3.05) is 32.2 Å². The minimum absolute atomic E-state index is 0.163. The summed E-state index contributed by atoms with van der Waals surface area (Å²) in [7, 11) is 1.56. The standard InChI is InChI=1S/C27H28N2O6/c1-18(20-9-12-24-25(15-20)34-14-4-13-33-24)28-27(31)19-7-10-22(11-8-19)35-17-26(30)29-21-5-3-6-23(16-21)32-2/h3,5-12,15-16,18H,4,13-14,17H2,1-2H3,(H,28,31)(H,29,30). The summed E-state index contributed by atoms with van der Waals surface area (Å²) in [4.78, 5) is 24.9. The number of carbonyl (C=O) groups is 2. The van der Waals surface area contributed by atoms with Crippen molar-refractivity contribution >= 4 is 17.5 Å². The van der Waals surface area contributed by atoms with Crippen LogP contribution in [0.15, 0.2) is 66.7 Å². The molecule has 1 atom stereocenters. The summed E-state index contributed by atoms with van der Waals surface area (Å²) in [5, 5.41) is 5.74. The van der Waals surface area contributed by atoms with E-state index in [0.717, 1.165) is 17.7 Å². The van der Waals surface area contributed by atoms with Crippen LogP contribution in [0, 0.1) is 0 Å². The summed E-state index contributed by atoms with van der Waals surface area (Å²) in [5.74, 6) is 2.03. The fourth-order valence-corrected chi connectivity index (χ4v) is 3.56. The van der Waals surface area contributed by atoms with Gasteiger partial charge in [0.2, 0.25) is 0 Å². The molecule has 1 unspecified atom stereocenters. The van der Waals surface area contributed by atoms with E-state index in [1.165, 1.54) is 0 Å². The van der Waals surface area contributed by atoms with Gasteiger partial charge in [-0.05, 0) is 61.0 Å². The molecule has 3 aromatic carbocycles. The Kier molecular flexibility index (Phi) is 7.72. The van der Waals surface area contributed by atoms with Crippen LogP contribution in [0.3, 0.4) is 0 Å². The number of methoxy groups -OCH3 is 1. The highest BCUT2D eigenvalue weighted by Crippen LogP contribution is 2.32. The normalized spacial score (nSPS) is 13.2. The molecule has 0 spiro atoms. The van der Waals surface area contributed by atoms with Gasteiger partial charge >= 0.3 is 0 Å². The minimum atomic E-state index is -0.302. The Hall–Kier alpha value is -4.20. The highest BCUT2D eigenvalue weighted by Gasteiger charge is 2.16. The molecular weight excluding hydrogens is 448 g/mol. The zero-order valence-corrected chi connectivity index (χ0v) is 19.7. The van der Waals surface area contributed by atoms with Crippen molar-refractivity contribution in [3.05, 3.63) is 77.9 Å². The Balaban J connectivity index is 1.29. The van der Waals surface area contributed by atoms with E-state index in [-0.39, 0.29) is 24.5 Å². The Morgan fingerprint density at radius 1 is 0.943 bits per heavy atom. The van der Waals surface area contributed by atoms with Crippen molar-refractivity contribution in [1.82, 2.24) is 5.32 Å². The molecule has 182 valence electrons. The maximum Gasteiger partial charge on any atom is 0.262 e. The minimum Gasteiger partial charge on any atom is -0.497 e. The molecule has 1 aliphatic heterocycles. The largest absolute Gasteiger partial charge is 0.497 e. The zero-order valence-electron chi connectivity index (χ0n) is 19.7. The first-order valence-electron chi connectivity index (χ1n) is 11.4. The molecule has 2 amide bonds. The summed E-state index contributed by atoms with van der Waals surface area (Å²) in [5.41, 5.74) is 2.02. The predicted octanol–water partition coefficient (Wildman–Crippen LogP) is 4.37. The van der Waals surface area contributed by atoms with Gasteiger partial charge < -0.3 is 29.6 Å². The fraction of sp³-hybridized carbons (Fsp3) is 0.259.